The van der Waals surface area contributed by atoms with E-state index in [0.29, 0.717) is 11.6 Å². The van der Waals surface area contributed by atoms with Crippen LogP contribution in [0.5, 0.6) is 0 Å². The first kappa shape index (κ1) is 27.2. The molecule has 3 unspecified atom stereocenters. The lowest BCUT2D eigenvalue weighted by Crippen LogP contribution is -2.37. The van der Waals surface area contributed by atoms with Crippen molar-refractivity contribution in [3.63, 3.8) is 0 Å². The fourth-order valence-electron chi connectivity index (χ4n) is 5.69. The Kier molecular flexibility index (Phi) is 9.15. The van der Waals surface area contributed by atoms with E-state index in [1.807, 2.05) is 48.5 Å². The van der Waals surface area contributed by atoms with Crippen LogP contribution in [0.25, 0.3) is 0 Å². The Morgan fingerprint density at radius 1 is 1.15 bits per heavy atom. The molecule has 7 heteroatoms. The number of hydrogen-bond acceptors (Lipinski definition) is 5. The monoisotopic (exact) mass is 543 g/mol. The van der Waals surface area contributed by atoms with E-state index < -0.39 is 5.92 Å². The van der Waals surface area contributed by atoms with Crippen LogP contribution in [0.2, 0.25) is 5.02 Å². The van der Waals surface area contributed by atoms with Gasteiger partial charge in [-0.1, -0.05) is 42.0 Å². The fraction of sp³-hybridized carbons (Fsp3) is 0.375. The van der Waals surface area contributed by atoms with E-state index in [4.69, 9.17) is 16.0 Å². The zero-order valence-corrected chi connectivity index (χ0v) is 22.7. The SMILES string of the molecule is O=C(NCc1ccc(Cl)cc1)C1C=Nc2ccc(C#CCO)cc2C1CCC(c1ccco1)N1CCCCC1. The van der Waals surface area contributed by atoms with E-state index in [9.17, 15) is 9.90 Å². The predicted octanol–water partition coefficient (Wildman–Crippen LogP) is 6.02. The number of nitrogens with one attached hydrogen (secondary N) is 1. The lowest BCUT2D eigenvalue weighted by atomic mass is 9.78. The molecule has 0 saturated carbocycles. The number of piperidine rings is 1. The number of amides is 1. The summed E-state index contributed by atoms with van der Waals surface area (Å²) in [7, 11) is 0. The first-order chi connectivity index (χ1) is 19.1. The summed E-state index contributed by atoms with van der Waals surface area (Å²) in [5, 5.41) is 13.0. The maximum Gasteiger partial charge on any atom is 0.229 e. The summed E-state index contributed by atoms with van der Waals surface area (Å²) in [5.41, 5.74) is 3.68. The molecule has 3 aromatic rings. The van der Waals surface area contributed by atoms with Gasteiger partial charge in [-0.25, -0.2) is 0 Å². The molecule has 2 aliphatic heterocycles. The van der Waals surface area contributed by atoms with E-state index in [0.717, 1.165) is 54.1 Å². The maximum absolute atomic E-state index is 13.6. The summed E-state index contributed by atoms with van der Waals surface area (Å²) < 4.78 is 5.89. The number of carbonyl (C=O) groups excluding carboxylic acids is 1. The van der Waals surface area contributed by atoms with Crippen molar-refractivity contribution in [3.8, 4) is 11.8 Å². The minimum absolute atomic E-state index is 0.0521. The lowest BCUT2D eigenvalue weighted by Gasteiger charge is -2.35. The number of hydrogen-bond donors (Lipinski definition) is 2. The third-order valence-electron chi connectivity index (χ3n) is 7.68. The minimum atomic E-state index is -0.413. The number of carbonyl (C=O) groups is 1. The highest BCUT2D eigenvalue weighted by Crippen LogP contribution is 2.42. The van der Waals surface area contributed by atoms with Crippen LogP contribution in [0.1, 0.15) is 66.5 Å². The fourth-order valence-corrected chi connectivity index (χ4v) is 5.82. The Morgan fingerprint density at radius 3 is 2.72 bits per heavy atom. The van der Waals surface area contributed by atoms with Crippen molar-refractivity contribution in [2.24, 2.45) is 10.9 Å². The molecule has 1 aromatic heterocycles. The average Bonchev–Trinajstić information content (AvgIpc) is 3.51. The van der Waals surface area contributed by atoms with Gasteiger partial charge in [0.2, 0.25) is 5.91 Å². The van der Waals surface area contributed by atoms with E-state index >= 15 is 0 Å². The Labute approximate surface area is 235 Å². The van der Waals surface area contributed by atoms with Gasteiger partial charge in [-0.05, 0) is 92.4 Å². The van der Waals surface area contributed by atoms with Gasteiger partial charge in [-0.3, -0.25) is 14.7 Å². The largest absolute Gasteiger partial charge is 0.468 e. The molecule has 5 rings (SSSR count). The Bertz CT molecular complexity index is 1340. The average molecular weight is 544 g/mol. The van der Waals surface area contributed by atoms with E-state index in [1.165, 1.54) is 19.3 Å². The van der Waals surface area contributed by atoms with Crippen LogP contribution in [0.3, 0.4) is 0 Å². The summed E-state index contributed by atoms with van der Waals surface area (Å²) in [6.07, 6.45) is 8.84. The van der Waals surface area contributed by atoms with Gasteiger partial charge in [0.15, 0.2) is 0 Å². The molecular weight excluding hydrogens is 510 g/mol. The molecule has 3 heterocycles. The summed E-state index contributed by atoms with van der Waals surface area (Å²) in [4.78, 5) is 20.8. The zero-order valence-electron chi connectivity index (χ0n) is 22.0. The van der Waals surface area contributed by atoms with E-state index in [-0.39, 0.29) is 24.5 Å². The second-order valence-corrected chi connectivity index (χ2v) is 10.6. The molecule has 1 fully saturated rings. The van der Waals surface area contributed by atoms with Crippen LogP contribution in [0.15, 0.2) is 70.3 Å². The standard InChI is InChI=1S/C32H34ClN3O3/c33-25-11-8-24(9-12-25)21-35-32(38)28-22-34-29-14-10-23(6-4-18-37)20-27(29)26(28)13-15-30(31-7-5-19-39-31)36-16-2-1-3-17-36/h5,7-12,14,19-20,22,26,28,30,37H,1-3,13,15-18,21H2,(H,35,38). The molecule has 2 N–H and O–H groups in total. The molecule has 0 bridgehead atoms. The predicted molar refractivity (Wildman–Crippen MR) is 154 cm³/mol. The lowest BCUT2D eigenvalue weighted by molar-refractivity contribution is -0.123. The number of halogens is 1. The molecule has 6 nitrogen and oxygen atoms in total. The van der Waals surface area contributed by atoms with Crippen molar-refractivity contribution >= 4 is 29.4 Å². The van der Waals surface area contributed by atoms with E-state index in [2.05, 4.69) is 33.1 Å². The third-order valence-corrected chi connectivity index (χ3v) is 7.94. The van der Waals surface area contributed by atoms with Crippen molar-refractivity contribution in [2.75, 3.05) is 19.7 Å². The highest BCUT2D eigenvalue weighted by atomic mass is 35.5. The highest BCUT2D eigenvalue weighted by Gasteiger charge is 2.34. The van der Waals surface area contributed by atoms with Crippen LogP contribution in [-0.4, -0.2) is 41.8 Å². The topological polar surface area (TPSA) is 78.1 Å². The summed E-state index contributed by atoms with van der Waals surface area (Å²) >= 11 is 6.02. The molecule has 2 aromatic carbocycles. The summed E-state index contributed by atoms with van der Waals surface area (Å²) in [5.74, 6) is 6.19. The number of rotatable bonds is 8. The maximum atomic E-state index is 13.6. The van der Waals surface area contributed by atoms with Gasteiger partial charge < -0.3 is 14.8 Å². The minimum Gasteiger partial charge on any atom is -0.468 e. The van der Waals surface area contributed by atoms with Gasteiger partial charge in [-0.15, -0.1) is 0 Å². The summed E-state index contributed by atoms with van der Waals surface area (Å²) in [6.45, 7) is 2.33. The van der Waals surface area contributed by atoms with Crippen molar-refractivity contribution in [1.29, 1.82) is 0 Å². The van der Waals surface area contributed by atoms with Crippen LogP contribution in [0, 0.1) is 17.8 Å². The van der Waals surface area contributed by atoms with Crippen LogP contribution in [-0.2, 0) is 11.3 Å². The first-order valence-corrected chi connectivity index (χ1v) is 14.1. The number of aliphatic hydroxyl groups is 1. The van der Waals surface area contributed by atoms with Gasteiger partial charge in [0.05, 0.1) is 23.9 Å². The number of fused-ring (bicyclic) bond motifs is 1. The van der Waals surface area contributed by atoms with Gasteiger partial charge in [0.25, 0.3) is 0 Å². The van der Waals surface area contributed by atoms with Gasteiger partial charge in [-0.2, -0.15) is 0 Å². The third kappa shape index (κ3) is 6.80. The molecule has 1 saturated heterocycles. The second-order valence-electron chi connectivity index (χ2n) is 10.2. The molecule has 39 heavy (non-hydrogen) atoms. The van der Waals surface area contributed by atoms with E-state index in [1.54, 1.807) is 12.5 Å². The summed E-state index contributed by atoms with van der Waals surface area (Å²) in [6, 6.07) is 17.6. The van der Waals surface area contributed by atoms with Crippen molar-refractivity contribution in [3.05, 3.63) is 88.3 Å². The van der Waals surface area contributed by atoms with Gasteiger partial charge in [0.1, 0.15) is 12.4 Å². The Morgan fingerprint density at radius 2 is 1.97 bits per heavy atom. The normalized spacial score (nSPS) is 19.5. The van der Waals surface area contributed by atoms with Gasteiger partial charge >= 0.3 is 0 Å². The number of furan rings is 1. The van der Waals surface area contributed by atoms with Crippen LogP contribution >= 0.6 is 11.6 Å². The van der Waals surface area contributed by atoms with Crippen molar-refractivity contribution in [2.45, 2.75) is 50.6 Å². The van der Waals surface area contributed by atoms with Crippen LogP contribution < -0.4 is 5.32 Å². The molecule has 202 valence electrons. The second kappa shape index (κ2) is 13.1. The van der Waals surface area contributed by atoms with Gasteiger partial charge in [0, 0.05) is 29.3 Å². The Balaban J connectivity index is 1.40. The number of nitrogens with zero attached hydrogens (tertiary/aromatic N) is 2. The molecule has 3 atom stereocenters. The highest BCUT2D eigenvalue weighted by molar-refractivity contribution is 6.30. The molecule has 1 amide bonds. The van der Waals surface area contributed by atoms with Crippen molar-refractivity contribution < 1.29 is 14.3 Å². The molecular formula is C32H34ClN3O3. The number of benzene rings is 2. The number of likely N-dealkylation sites (tertiary alicyclic amines) is 1. The van der Waals surface area contributed by atoms with Crippen molar-refractivity contribution in [1.82, 2.24) is 10.2 Å². The number of aliphatic hydroxyl groups excluding tert-OH is 1. The molecule has 0 spiro atoms. The molecule has 0 aliphatic carbocycles. The molecule has 2 aliphatic rings. The smallest absolute Gasteiger partial charge is 0.229 e. The first-order valence-electron chi connectivity index (χ1n) is 13.7. The quantitative estimate of drug-likeness (QED) is 0.341. The zero-order chi connectivity index (χ0) is 27.0. The number of aliphatic imine (C=N–C) groups is 1. The Hall–Kier alpha value is -3.37. The van der Waals surface area contributed by atoms with Crippen LogP contribution in [0.4, 0.5) is 5.69 Å². The molecule has 0 radical (unpaired) electrons.